The van der Waals surface area contributed by atoms with Gasteiger partial charge in [-0.3, -0.25) is 14.5 Å². The van der Waals surface area contributed by atoms with Crippen LogP contribution in [0.25, 0.3) is 0 Å². The Kier molecular flexibility index (Phi) is 5.49. The minimum atomic E-state index is -0.674. The number of carbonyl (C=O) groups is 3. The van der Waals surface area contributed by atoms with Crippen LogP contribution in [0.1, 0.15) is 16.7 Å². The van der Waals surface area contributed by atoms with Crippen molar-refractivity contribution >= 4 is 17.8 Å². The molecule has 1 aliphatic rings. The smallest absolute Gasteiger partial charge is 0.325 e. The normalized spacial score (nSPS) is 16.4. The van der Waals surface area contributed by atoms with Crippen molar-refractivity contribution < 1.29 is 18.8 Å². The lowest BCUT2D eigenvalue weighted by molar-refractivity contribution is -0.132. The number of nitrogens with zero attached hydrogens (tertiary/aromatic N) is 1. The van der Waals surface area contributed by atoms with Gasteiger partial charge in [0.1, 0.15) is 18.4 Å². The zero-order chi connectivity index (χ0) is 19.4. The second-order valence-electron chi connectivity index (χ2n) is 6.48. The number of benzene rings is 2. The number of aryl methyl sites for hydroxylation is 1. The molecule has 140 valence electrons. The van der Waals surface area contributed by atoms with Crippen LogP contribution in [0.2, 0.25) is 0 Å². The average Bonchev–Trinajstić information content (AvgIpc) is 2.91. The molecule has 4 amide bonds. The molecule has 0 spiro atoms. The third-order valence-corrected chi connectivity index (χ3v) is 4.40. The maximum atomic E-state index is 13.3. The third-order valence-electron chi connectivity index (χ3n) is 4.40. The molecular weight excluding hydrogens is 349 g/mol. The van der Waals surface area contributed by atoms with Gasteiger partial charge in [-0.15, -0.1) is 0 Å². The Morgan fingerprint density at radius 3 is 2.59 bits per heavy atom. The summed E-state index contributed by atoms with van der Waals surface area (Å²) in [5, 5.41) is 5.25. The Balaban J connectivity index is 1.54. The molecule has 0 unspecified atom stereocenters. The van der Waals surface area contributed by atoms with E-state index in [2.05, 4.69) is 10.6 Å². The highest BCUT2D eigenvalue weighted by Gasteiger charge is 2.38. The highest BCUT2D eigenvalue weighted by Crippen LogP contribution is 2.12. The summed E-state index contributed by atoms with van der Waals surface area (Å²) in [7, 11) is 0. The lowest BCUT2D eigenvalue weighted by Gasteiger charge is -2.13. The first kappa shape index (κ1) is 18.6. The van der Waals surface area contributed by atoms with Gasteiger partial charge in [-0.25, -0.2) is 9.18 Å². The van der Waals surface area contributed by atoms with Gasteiger partial charge in [0.05, 0.1) is 0 Å². The number of halogens is 1. The summed E-state index contributed by atoms with van der Waals surface area (Å²) >= 11 is 0. The van der Waals surface area contributed by atoms with E-state index in [0.717, 1.165) is 16.0 Å². The first-order valence-corrected chi connectivity index (χ1v) is 8.61. The summed E-state index contributed by atoms with van der Waals surface area (Å²) in [6.07, 6.45) is 0.373. The molecule has 7 heteroatoms. The average molecular weight is 369 g/mol. The predicted octanol–water partition coefficient (Wildman–Crippen LogP) is 1.91. The summed E-state index contributed by atoms with van der Waals surface area (Å²) in [6, 6.07) is 12.6. The molecular formula is C20H20FN3O3. The highest BCUT2D eigenvalue weighted by molar-refractivity contribution is 6.06. The molecule has 6 nitrogen and oxygen atoms in total. The first-order chi connectivity index (χ1) is 12.9. The molecule has 2 aromatic carbocycles. The second-order valence-corrected chi connectivity index (χ2v) is 6.48. The Labute approximate surface area is 156 Å². The molecule has 1 fully saturated rings. The highest BCUT2D eigenvalue weighted by atomic mass is 19.1. The number of rotatable bonds is 6. The van der Waals surface area contributed by atoms with Crippen molar-refractivity contribution in [1.29, 1.82) is 0 Å². The van der Waals surface area contributed by atoms with E-state index in [1.54, 1.807) is 19.1 Å². The molecule has 2 N–H and O–H groups in total. The van der Waals surface area contributed by atoms with E-state index in [4.69, 9.17) is 0 Å². The van der Waals surface area contributed by atoms with Crippen LogP contribution in [0.3, 0.4) is 0 Å². The van der Waals surface area contributed by atoms with Gasteiger partial charge >= 0.3 is 6.03 Å². The van der Waals surface area contributed by atoms with Crippen LogP contribution in [0.5, 0.6) is 0 Å². The molecule has 3 rings (SSSR count). The maximum Gasteiger partial charge on any atom is 0.325 e. The van der Waals surface area contributed by atoms with Gasteiger partial charge in [-0.1, -0.05) is 42.5 Å². The van der Waals surface area contributed by atoms with Crippen LogP contribution in [-0.2, 0) is 22.6 Å². The van der Waals surface area contributed by atoms with Gasteiger partial charge in [0.25, 0.3) is 5.91 Å². The molecule has 0 aliphatic carbocycles. The fraction of sp³-hybridized carbons (Fsp3) is 0.250. The van der Waals surface area contributed by atoms with Crippen molar-refractivity contribution in [3.63, 3.8) is 0 Å². The van der Waals surface area contributed by atoms with Crippen LogP contribution in [-0.4, -0.2) is 35.3 Å². The van der Waals surface area contributed by atoms with E-state index in [0.29, 0.717) is 12.0 Å². The van der Waals surface area contributed by atoms with E-state index in [1.165, 1.54) is 6.07 Å². The van der Waals surface area contributed by atoms with Gasteiger partial charge < -0.3 is 10.6 Å². The van der Waals surface area contributed by atoms with Crippen molar-refractivity contribution in [3.05, 3.63) is 71.0 Å². The van der Waals surface area contributed by atoms with Crippen molar-refractivity contribution in [1.82, 2.24) is 15.5 Å². The quantitative estimate of drug-likeness (QED) is 0.764. The van der Waals surface area contributed by atoms with E-state index in [-0.39, 0.29) is 18.9 Å². The summed E-state index contributed by atoms with van der Waals surface area (Å²) < 4.78 is 13.3. The van der Waals surface area contributed by atoms with Crippen LogP contribution in [0.15, 0.2) is 48.5 Å². The Bertz CT molecular complexity index is 870. The number of imide groups is 1. The number of nitrogens with one attached hydrogen (secondary N) is 2. The first-order valence-electron chi connectivity index (χ1n) is 8.61. The molecule has 0 saturated carbocycles. The molecule has 1 saturated heterocycles. The largest absolute Gasteiger partial charge is 0.350 e. The maximum absolute atomic E-state index is 13.3. The van der Waals surface area contributed by atoms with E-state index in [1.807, 2.05) is 30.3 Å². The number of carbonyl (C=O) groups excluding carboxylic acids is 3. The molecule has 2 aromatic rings. The lowest BCUT2D eigenvalue weighted by Crippen LogP contribution is -2.41. The monoisotopic (exact) mass is 369 g/mol. The Morgan fingerprint density at radius 2 is 1.89 bits per heavy atom. The number of hydrogen-bond acceptors (Lipinski definition) is 3. The van der Waals surface area contributed by atoms with Crippen LogP contribution in [0, 0.1) is 12.7 Å². The van der Waals surface area contributed by atoms with Gasteiger partial charge in [0.2, 0.25) is 5.91 Å². The second kappa shape index (κ2) is 7.99. The minimum absolute atomic E-state index is 0.192. The molecule has 0 aromatic heterocycles. The van der Waals surface area contributed by atoms with Crippen LogP contribution >= 0.6 is 0 Å². The predicted molar refractivity (Wildman–Crippen MR) is 97.2 cm³/mol. The van der Waals surface area contributed by atoms with Crippen LogP contribution < -0.4 is 10.6 Å². The van der Waals surface area contributed by atoms with E-state index >= 15 is 0 Å². The van der Waals surface area contributed by atoms with Gasteiger partial charge in [0, 0.05) is 13.0 Å². The van der Waals surface area contributed by atoms with Crippen molar-refractivity contribution in [2.75, 3.05) is 6.54 Å². The lowest BCUT2D eigenvalue weighted by atomic mass is 10.1. The molecule has 1 aliphatic heterocycles. The zero-order valence-electron chi connectivity index (χ0n) is 14.9. The van der Waals surface area contributed by atoms with E-state index in [9.17, 15) is 18.8 Å². The third kappa shape index (κ3) is 4.49. The summed E-state index contributed by atoms with van der Waals surface area (Å²) in [4.78, 5) is 37.5. The van der Waals surface area contributed by atoms with Gasteiger partial charge in [-0.05, 0) is 29.7 Å². The van der Waals surface area contributed by atoms with Crippen molar-refractivity contribution in [2.24, 2.45) is 0 Å². The molecule has 0 radical (unpaired) electrons. The number of hydrogen-bond donors (Lipinski definition) is 2. The Hall–Kier alpha value is -3.22. The topological polar surface area (TPSA) is 78.5 Å². The summed E-state index contributed by atoms with van der Waals surface area (Å²) in [5.41, 5.74) is 2.15. The van der Waals surface area contributed by atoms with Gasteiger partial charge in [0.15, 0.2) is 0 Å². The van der Waals surface area contributed by atoms with Crippen molar-refractivity contribution in [2.45, 2.75) is 25.9 Å². The molecule has 27 heavy (non-hydrogen) atoms. The van der Waals surface area contributed by atoms with E-state index < -0.39 is 23.9 Å². The molecule has 1 atom stereocenters. The summed E-state index contributed by atoms with van der Waals surface area (Å²) in [6.45, 7) is 1.48. The van der Waals surface area contributed by atoms with Crippen LogP contribution in [0.4, 0.5) is 9.18 Å². The number of urea groups is 1. The van der Waals surface area contributed by atoms with Crippen molar-refractivity contribution in [3.8, 4) is 0 Å². The SMILES string of the molecule is Cc1cc(CNC(=O)CN2C(=O)N[C@@H](Cc3ccccc3)C2=O)ccc1F. The Morgan fingerprint density at radius 1 is 1.15 bits per heavy atom. The molecule has 1 heterocycles. The standard InChI is InChI=1S/C20H20FN3O3/c1-13-9-15(7-8-16(13)21)11-22-18(25)12-24-19(26)17(23-20(24)27)10-14-5-3-2-4-6-14/h2-9,17H,10-12H2,1H3,(H,22,25)(H,23,27)/t17-/m0/s1. The fourth-order valence-corrected chi connectivity index (χ4v) is 2.93. The van der Waals surface area contributed by atoms with Gasteiger partial charge in [-0.2, -0.15) is 0 Å². The molecule has 0 bridgehead atoms. The minimum Gasteiger partial charge on any atom is -0.350 e. The summed E-state index contributed by atoms with van der Waals surface area (Å²) in [5.74, 6) is -1.19. The fourth-order valence-electron chi connectivity index (χ4n) is 2.93. The number of amides is 4. The zero-order valence-corrected chi connectivity index (χ0v) is 14.9.